The van der Waals surface area contributed by atoms with Crippen LogP contribution in [0.3, 0.4) is 0 Å². The van der Waals surface area contributed by atoms with E-state index in [1.807, 2.05) is 50.2 Å². The van der Waals surface area contributed by atoms with Crippen LogP contribution in [-0.4, -0.2) is 14.5 Å². The molecule has 6 heteroatoms. The molecule has 0 N–H and O–H groups in total. The van der Waals surface area contributed by atoms with Crippen LogP contribution in [0, 0.1) is 47.8 Å². The Morgan fingerprint density at radius 3 is 1.95 bits per heavy atom. The molecule has 2 aromatic heterocycles. The van der Waals surface area contributed by atoms with Crippen LogP contribution in [-0.2, 0) is 0 Å². The van der Waals surface area contributed by atoms with E-state index in [1.165, 1.54) is 0 Å². The molecule has 6 nitrogen and oxygen atoms in total. The highest BCUT2D eigenvalue weighted by Gasteiger charge is 2.19. The van der Waals surface area contributed by atoms with Crippen molar-refractivity contribution in [3.8, 4) is 46.4 Å². The summed E-state index contributed by atoms with van der Waals surface area (Å²) in [6.07, 6.45) is 0. The summed E-state index contributed by atoms with van der Waals surface area (Å²) in [6, 6.07) is 33.5. The number of nitriles is 3. The van der Waals surface area contributed by atoms with Crippen LogP contribution < -0.4 is 0 Å². The van der Waals surface area contributed by atoms with E-state index >= 15 is 0 Å². The van der Waals surface area contributed by atoms with Crippen LogP contribution in [0.1, 0.15) is 28.1 Å². The molecule has 0 saturated carbocycles. The lowest BCUT2D eigenvalue weighted by atomic mass is 9.99. The monoisotopic (exact) mass is 500 g/mol. The maximum atomic E-state index is 9.78. The first kappa shape index (κ1) is 23.6. The number of nitrogens with zero attached hydrogens (tertiary/aromatic N) is 6. The first-order valence-corrected chi connectivity index (χ1v) is 12.3. The van der Waals surface area contributed by atoms with E-state index in [4.69, 9.17) is 9.97 Å². The zero-order chi connectivity index (χ0) is 27.1. The van der Waals surface area contributed by atoms with Gasteiger partial charge in [0.25, 0.3) is 0 Å². The third kappa shape index (κ3) is 4.05. The molecule has 39 heavy (non-hydrogen) atoms. The van der Waals surface area contributed by atoms with Gasteiger partial charge in [-0.25, -0.2) is 9.97 Å². The Morgan fingerprint density at radius 1 is 0.590 bits per heavy atom. The summed E-state index contributed by atoms with van der Waals surface area (Å²) >= 11 is 0. The van der Waals surface area contributed by atoms with Crippen molar-refractivity contribution in [3.05, 3.63) is 113 Å². The van der Waals surface area contributed by atoms with E-state index in [1.54, 1.807) is 24.3 Å². The molecule has 6 rings (SSSR count). The van der Waals surface area contributed by atoms with Crippen molar-refractivity contribution in [2.75, 3.05) is 0 Å². The summed E-state index contributed by atoms with van der Waals surface area (Å²) in [5.41, 5.74) is 8.30. The molecule has 0 saturated heterocycles. The summed E-state index contributed by atoms with van der Waals surface area (Å²) in [5, 5.41) is 30.9. The first-order valence-electron chi connectivity index (χ1n) is 12.3. The fourth-order valence-electron chi connectivity index (χ4n) is 5.15. The van der Waals surface area contributed by atoms with E-state index in [2.05, 4.69) is 47.0 Å². The topological polar surface area (TPSA) is 102 Å². The molecule has 0 aliphatic heterocycles. The molecule has 6 aromatic rings. The summed E-state index contributed by atoms with van der Waals surface area (Å²) in [6.45, 7) is 3.89. The Kier molecular flexibility index (Phi) is 5.61. The smallest absolute Gasteiger partial charge is 0.161 e. The van der Waals surface area contributed by atoms with E-state index in [0.717, 1.165) is 55.6 Å². The average Bonchev–Trinajstić information content (AvgIpc) is 3.29. The fourth-order valence-corrected chi connectivity index (χ4v) is 5.15. The average molecular weight is 501 g/mol. The summed E-state index contributed by atoms with van der Waals surface area (Å²) in [7, 11) is 0. The molecular weight excluding hydrogens is 480 g/mol. The van der Waals surface area contributed by atoms with Gasteiger partial charge in [0.15, 0.2) is 5.82 Å². The van der Waals surface area contributed by atoms with Crippen molar-refractivity contribution in [3.63, 3.8) is 0 Å². The van der Waals surface area contributed by atoms with Crippen molar-refractivity contribution in [2.24, 2.45) is 0 Å². The Labute approximate surface area is 225 Å². The summed E-state index contributed by atoms with van der Waals surface area (Å²) in [4.78, 5) is 9.45. The lowest BCUT2D eigenvalue weighted by Gasteiger charge is -2.15. The number of aryl methyl sites for hydroxylation is 2. The van der Waals surface area contributed by atoms with Crippen molar-refractivity contribution in [2.45, 2.75) is 13.8 Å². The van der Waals surface area contributed by atoms with Crippen molar-refractivity contribution < 1.29 is 0 Å². The molecule has 0 spiro atoms. The van der Waals surface area contributed by atoms with Crippen LogP contribution in [0.15, 0.2) is 84.9 Å². The van der Waals surface area contributed by atoms with Crippen LogP contribution in [0.5, 0.6) is 0 Å². The van der Waals surface area contributed by atoms with E-state index < -0.39 is 0 Å². The second-order valence-electron chi connectivity index (χ2n) is 9.43. The van der Waals surface area contributed by atoms with Crippen LogP contribution in [0.2, 0.25) is 0 Å². The maximum absolute atomic E-state index is 9.78. The number of aromatic nitrogens is 3. The van der Waals surface area contributed by atoms with Gasteiger partial charge in [0.05, 0.1) is 51.6 Å². The van der Waals surface area contributed by atoms with Gasteiger partial charge in [0, 0.05) is 27.7 Å². The van der Waals surface area contributed by atoms with Gasteiger partial charge in [-0.05, 0) is 79.6 Å². The van der Waals surface area contributed by atoms with E-state index in [-0.39, 0.29) is 0 Å². The number of fused-ring (bicyclic) bond motifs is 3. The Bertz CT molecular complexity index is 2030. The molecule has 4 aromatic carbocycles. The number of hydrogen-bond acceptors (Lipinski definition) is 5. The molecule has 0 radical (unpaired) electrons. The van der Waals surface area contributed by atoms with Gasteiger partial charge >= 0.3 is 0 Å². The van der Waals surface area contributed by atoms with Crippen molar-refractivity contribution in [1.82, 2.24) is 14.5 Å². The van der Waals surface area contributed by atoms with E-state index in [0.29, 0.717) is 22.5 Å². The van der Waals surface area contributed by atoms with Gasteiger partial charge in [0.2, 0.25) is 0 Å². The molecule has 0 atom stereocenters. The Morgan fingerprint density at radius 2 is 1.26 bits per heavy atom. The number of para-hydroxylation sites is 1. The molecule has 0 bridgehead atoms. The second kappa shape index (κ2) is 9.27. The Balaban J connectivity index is 1.71. The number of hydrogen-bond donors (Lipinski definition) is 0. The molecular formula is C33H20N6. The predicted octanol–water partition coefficient (Wildman–Crippen LogP) is 7.14. The van der Waals surface area contributed by atoms with Crippen LogP contribution in [0.4, 0.5) is 0 Å². The zero-order valence-corrected chi connectivity index (χ0v) is 21.3. The number of benzene rings is 4. The van der Waals surface area contributed by atoms with Gasteiger partial charge in [0.1, 0.15) is 0 Å². The minimum Gasteiger partial charge on any atom is -0.308 e. The van der Waals surface area contributed by atoms with E-state index in [9.17, 15) is 15.8 Å². The van der Waals surface area contributed by atoms with Crippen LogP contribution >= 0.6 is 0 Å². The highest BCUT2D eigenvalue weighted by Crippen LogP contribution is 2.38. The maximum Gasteiger partial charge on any atom is 0.161 e. The highest BCUT2D eigenvalue weighted by molar-refractivity contribution is 6.10. The third-order valence-electron chi connectivity index (χ3n) is 6.79. The minimum absolute atomic E-state index is 0.431. The second-order valence-corrected chi connectivity index (χ2v) is 9.43. The zero-order valence-electron chi connectivity index (χ0n) is 21.3. The highest BCUT2D eigenvalue weighted by atomic mass is 15.0. The molecule has 182 valence electrons. The summed E-state index contributed by atoms with van der Waals surface area (Å²) in [5.74, 6) is 0.592. The largest absolute Gasteiger partial charge is 0.308 e. The lowest BCUT2D eigenvalue weighted by molar-refractivity contribution is 1.05. The summed E-state index contributed by atoms with van der Waals surface area (Å²) < 4.78 is 2.14. The third-order valence-corrected chi connectivity index (χ3v) is 6.79. The Hall–Kier alpha value is -5.77. The molecule has 2 heterocycles. The van der Waals surface area contributed by atoms with Crippen LogP contribution in [0.25, 0.3) is 50.0 Å². The van der Waals surface area contributed by atoms with Crippen molar-refractivity contribution >= 4 is 21.8 Å². The molecule has 0 amide bonds. The molecule has 0 aliphatic rings. The van der Waals surface area contributed by atoms with Gasteiger partial charge in [-0.3, -0.25) is 0 Å². The minimum atomic E-state index is 0.431. The standard InChI is InChI=1S/C33H20N6/c1-20-11-21(2)38-33(37-20)29-9-7-22(17-34)15-31(29)39-30-6-4-3-5-27(30)28-10-8-25(16-32(28)39)26-13-23(18-35)12-24(14-26)19-36/h3-16H,1-2H3. The number of rotatable bonds is 3. The molecule has 0 unspecified atom stereocenters. The van der Waals surface area contributed by atoms with Gasteiger partial charge in [-0.15, -0.1) is 0 Å². The SMILES string of the molecule is Cc1cc(C)nc(-c2ccc(C#N)cc2-n2c3ccccc3c3ccc(-c4cc(C#N)cc(C#N)c4)cc32)n1. The first-order chi connectivity index (χ1) is 19.0. The molecule has 0 aliphatic carbocycles. The fraction of sp³-hybridized carbons (Fsp3) is 0.0606. The predicted molar refractivity (Wildman–Crippen MR) is 151 cm³/mol. The van der Waals surface area contributed by atoms with Crippen molar-refractivity contribution in [1.29, 1.82) is 15.8 Å². The quantitative estimate of drug-likeness (QED) is 0.257. The van der Waals surface area contributed by atoms with Gasteiger partial charge in [-0.2, -0.15) is 15.8 Å². The normalized spacial score (nSPS) is 10.7. The van der Waals surface area contributed by atoms with Gasteiger partial charge < -0.3 is 4.57 Å². The van der Waals surface area contributed by atoms with Gasteiger partial charge in [-0.1, -0.05) is 30.3 Å². The lowest BCUT2D eigenvalue weighted by Crippen LogP contribution is -2.02. The molecule has 0 fully saturated rings.